The number of phenols is 1. The van der Waals surface area contributed by atoms with E-state index in [9.17, 15) is 14.7 Å². The molecule has 1 atom stereocenters. The maximum absolute atomic E-state index is 13.0. The summed E-state index contributed by atoms with van der Waals surface area (Å²) in [6, 6.07) is 5.58. The quantitative estimate of drug-likeness (QED) is 0.867. The highest BCUT2D eigenvalue weighted by atomic mass is 16.3. The molecule has 2 saturated heterocycles. The average Bonchev–Trinajstić information content (AvgIpc) is 3.20. The van der Waals surface area contributed by atoms with Gasteiger partial charge in [0.05, 0.1) is 0 Å². The van der Waals surface area contributed by atoms with Gasteiger partial charge in [-0.25, -0.2) is 0 Å². The molecule has 1 N–H and O–H groups in total. The molecule has 1 aliphatic carbocycles. The van der Waals surface area contributed by atoms with E-state index < -0.39 is 0 Å². The summed E-state index contributed by atoms with van der Waals surface area (Å²) >= 11 is 0. The first kappa shape index (κ1) is 18.3. The molecule has 0 unspecified atom stereocenters. The van der Waals surface area contributed by atoms with Crippen LogP contribution in [-0.4, -0.2) is 52.4 Å². The van der Waals surface area contributed by atoms with E-state index in [0.29, 0.717) is 23.9 Å². The lowest BCUT2D eigenvalue weighted by Gasteiger charge is -2.49. The molecule has 1 saturated carbocycles. The van der Waals surface area contributed by atoms with E-state index in [-0.39, 0.29) is 17.1 Å². The molecular weight excluding hydrogens is 340 g/mol. The standard InChI is InChI=1S/C22H30N2O3/c1-16-7-8-17(13-19(16)25)21(27)23-12-4-10-22(14-23)11-9-20(26)24(15-22)18-5-2-3-6-18/h7-8,13,18,25H,2-6,9-12,14-15H2,1H3/t22-/m0/s1. The highest BCUT2D eigenvalue weighted by molar-refractivity contribution is 5.94. The van der Waals surface area contributed by atoms with Crippen LogP contribution >= 0.6 is 0 Å². The normalized spacial score (nSPS) is 26.8. The molecule has 2 aliphatic heterocycles. The predicted octanol–water partition coefficient (Wildman–Crippen LogP) is 3.49. The van der Waals surface area contributed by atoms with Gasteiger partial charge >= 0.3 is 0 Å². The molecule has 5 heteroatoms. The van der Waals surface area contributed by atoms with Gasteiger partial charge in [-0.05, 0) is 56.7 Å². The predicted molar refractivity (Wildman–Crippen MR) is 104 cm³/mol. The summed E-state index contributed by atoms with van der Waals surface area (Å²) in [5, 5.41) is 9.96. The number of hydrogen-bond acceptors (Lipinski definition) is 3. The van der Waals surface area contributed by atoms with Crippen LogP contribution in [0.25, 0.3) is 0 Å². The molecule has 2 amide bonds. The Morgan fingerprint density at radius 2 is 1.93 bits per heavy atom. The van der Waals surface area contributed by atoms with E-state index in [1.807, 2.05) is 11.8 Å². The Balaban J connectivity index is 1.50. The van der Waals surface area contributed by atoms with Crippen LogP contribution in [0.3, 0.4) is 0 Å². The number of amides is 2. The molecule has 2 heterocycles. The number of nitrogens with zero attached hydrogens (tertiary/aromatic N) is 2. The molecule has 27 heavy (non-hydrogen) atoms. The maximum atomic E-state index is 13.0. The van der Waals surface area contributed by atoms with E-state index in [0.717, 1.165) is 57.3 Å². The number of phenolic OH excluding ortho intramolecular Hbond substituents is 1. The second kappa shape index (κ2) is 7.17. The fourth-order valence-electron chi connectivity index (χ4n) is 5.23. The lowest BCUT2D eigenvalue weighted by molar-refractivity contribution is -0.142. The van der Waals surface area contributed by atoms with Crippen molar-refractivity contribution in [1.82, 2.24) is 9.80 Å². The third kappa shape index (κ3) is 3.56. The lowest BCUT2D eigenvalue weighted by Crippen LogP contribution is -2.56. The molecule has 0 aromatic heterocycles. The summed E-state index contributed by atoms with van der Waals surface area (Å²) in [6.45, 7) is 4.11. The van der Waals surface area contributed by atoms with Gasteiger partial charge in [0.1, 0.15) is 5.75 Å². The highest BCUT2D eigenvalue weighted by Crippen LogP contribution is 2.41. The van der Waals surface area contributed by atoms with Crippen molar-refractivity contribution < 1.29 is 14.7 Å². The highest BCUT2D eigenvalue weighted by Gasteiger charge is 2.44. The Morgan fingerprint density at radius 1 is 1.15 bits per heavy atom. The summed E-state index contributed by atoms with van der Waals surface area (Å²) in [5.41, 5.74) is 1.37. The van der Waals surface area contributed by atoms with Crippen LogP contribution in [0, 0.1) is 12.3 Å². The molecular formula is C22H30N2O3. The molecule has 3 fully saturated rings. The van der Waals surface area contributed by atoms with Gasteiger partial charge in [0.2, 0.25) is 5.91 Å². The van der Waals surface area contributed by atoms with Gasteiger partial charge in [-0.2, -0.15) is 0 Å². The number of carbonyl (C=O) groups is 2. The minimum atomic E-state index is -0.00584. The number of piperidine rings is 2. The van der Waals surface area contributed by atoms with Crippen LogP contribution in [0.15, 0.2) is 18.2 Å². The van der Waals surface area contributed by atoms with Crippen molar-refractivity contribution in [3.63, 3.8) is 0 Å². The lowest BCUT2D eigenvalue weighted by atomic mass is 9.73. The minimum absolute atomic E-state index is 0.00584. The summed E-state index contributed by atoms with van der Waals surface area (Å²) in [6.07, 6.45) is 8.29. The van der Waals surface area contributed by atoms with Crippen molar-refractivity contribution >= 4 is 11.8 Å². The summed E-state index contributed by atoms with van der Waals surface area (Å²) in [5.74, 6) is 0.469. The molecule has 1 aromatic carbocycles. The molecule has 3 aliphatic rings. The molecule has 0 bridgehead atoms. The Bertz CT molecular complexity index is 741. The van der Waals surface area contributed by atoms with E-state index in [2.05, 4.69) is 4.90 Å². The van der Waals surface area contributed by atoms with E-state index in [1.54, 1.807) is 18.2 Å². The van der Waals surface area contributed by atoms with Crippen LogP contribution in [0.2, 0.25) is 0 Å². The van der Waals surface area contributed by atoms with Gasteiger partial charge in [0.15, 0.2) is 0 Å². The monoisotopic (exact) mass is 370 g/mol. The van der Waals surface area contributed by atoms with Crippen molar-refractivity contribution in [2.24, 2.45) is 5.41 Å². The summed E-state index contributed by atoms with van der Waals surface area (Å²) < 4.78 is 0. The average molecular weight is 370 g/mol. The molecule has 5 nitrogen and oxygen atoms in total. The van der Waals surface area contributed by atoms with Crippen LogP contribution in [0.1, 0.15) is 67.3 Å². The van der Waals surface area contributed by atoms with Crippen molar-refractivity contribution in [3.05, 3.63) is 29.3 Å². The van der Waals surface area contributed by atoms with Crippen LogP contribution < -0.4 is 0 Å². The third-order valence-corrected chi connectivity index (χ3v) is 6.87. The van der Waals surface area contributed by atoms with Gasteiger partial charge in [-0.15, -0.1) is 0 Å². The van der Waals surface area contributed by atoms with Gasteiger partial charge in [0.25, 0.3) is 5.91 Å². The number of likely N-dealkylation sites (tertiary alicyclic amines) is 2. The first-order valence-electron chi connectivity index (χ1n) is 10.4. The van der Waals surface area contributed by atoms with Gasteiger partial charge in [-0.3, -0.25) is 9.59 Å². The fourth-order valence-corrected chi connectivity index (χ4v) is 5.23. The van der Waals surface area contributed by atoms with Crippen molar-refractivity contribution in [2.45, 2.75) is 64.3 Å². The van der Waals surface area contributed by atoms with E-state index in [4.69, 9.17) is 0 Å². The molecule has 0 radical (unpaired) electrons. The second-order valence-electron chi connectivity index (χ2n) is 8.79. The number of benzene rings is 1. The molecule has 1 aromatic rings. The second-order valence-corrected chi connectivity index (χ2v) is 8.79. The van der Waals surface area contributed by atoms with Crippen molar-refractivity contribution in [3.8, 4) is 5.75 Å². The third-order valence-electron chi connectivity index (χ3n) is 6.87. The number of hydrogen-bond donors (Lipinski definition) is 1. The Labute approximate surface area is 161 Å². The van der Waals surface area contributed by atoms with Crippen LogP contribution in [0.5, 0.6) is 5.75 Å². The number of aryl methyl sites for hydroxylation is 1. The number of carbonyl (C=O) groups excluding carboxylic acids is 2. The maximum Gasteiger partial charge on any atom is 0.254 e. The van der Waals surface area contributed by atoms with Crippen LogP contribution in [0.4, 0.5) is 0 Å². The molecule has 1 spiro atoms. The summed E-state index contributed by atoms with van der Waals surface area (Å²) in [7, 11) is 0. The van der Waals surface area contributed by atoms with Crippen molar-refractivity contribution in [2.75, 3.05) is 19.6 Å². The zero-order chi connectivity index (χ0) is 19.0. The minimum Gasteiger partial charge on any atom is -0.508 e. The summed E-state index contributed by atoms with van der Waals surface area (Å²) in [4.78, 5) is 29.6. The van der Waals surface area contributed by atoms with Gasteiger partial charge in [0, 0.05) is 43.1 Å². The van der Waals surface area contributed by atoms with E-state index >= 15 is 0 Å². The zero-order valence-corrected chi connectivity index (χ0v) is 16.2. The number of aromatic hydroxyl groups is 1. The Kier molecular flexibility index (Phi) is 4.87. The number of rotatable bonds is 2. The van der Waals surface area contributed by atoms with E-state index in [1.165, 1.54) is 12.8 Å². The topological polar surface area (TPSA) is 60.9 Å². The fraction of sp³-hybridized carbons (Fsp3) is 0.636. The first-order valence-corrected chi connectivity index (χ1v) is 10.4. The van der Waals surface area contributed by atoms with Crippen LogP contribution in [-0.2, 0) is 4.79 Å². The van der Waals surface area contributed by atoms with Gasteiger partial charge in [-0.1, -0.05) is 18.9 Å². The van der Waals surface area contributed by atoms with Crippen molar-refractivity contribution in [1.29, 1.82) is 0 Å². The SMILES string of the molecule is Cc1ccc(C(=O)N2CCC[C@]3(CCC(=O)N(C4CCCC4)C3)C2)cc1O. The molecule has 146 valence electrons. The first-order chi connectivity index (χ1) is 13.0. The molecule has 4 rings (SSSR count). The van der Waals surface area contributed by atoms with Gasteiger partial charge < -0.3 is 14.9 Å². The largest absolute Gasteiger partial charge is 0.508 e. The Morgan fingerprint density at radius 3 is 2.67 bits per heavy atom. The Hall–Kier alpha value is -2.04. The smallest absolute Gasteiger partial charge is 0.254 e. The zero-order valence-electron chi connectivity index (χ0n) is 16.2.